The molecule has 3 rings (SSSR count). The first-order valence-corrected chi connectivity index (χ1v) is 10.4. The standard InChI is InChI=1S/C20H22Cl2N2OS/c1-15-2-3-17(22)14-19(15)23-9-11-24(12-10-23)20(25)8-13-26-18-6-4-16(21)5-7-18/h2-7,14H,8-13H2,1H3. The lowest BCUT2D eigenvalue weighted by Crippen LogP contribution is -2.49. The number of nitrogens with zero attached hydrogens (tertiary/aromatic N) is 2. The number of carbonyl (C=O) groups excluding carboxylic acids is 1. The Bertz CT molecular complexity index is 759. The summed E-state index contributed by atoms with van der Waals surface area (Å²) >= 11 is 13.7. The lowest BCUT2D eigenvalue weighted by Gasteiger charge is -2.37. The number of amides is 1. The Morgan fingerprint density at radius 3 is 2.35 bits per heavy atom. The summed E-state index contributed by atoms with van der Waals surface area (Å²) in [4.78, 5) is 17.9. The minimum absolute atomic E-state index is 0.230. The minimum atomic E-state index is 0.230. The first-order chi connectivity index (χ1) is 12.5. The number of rotatable bonds is 5. The number of halogens is 2. The Hall–Kier alpha value is -1.36. The van der Waals surface area contributed by atoms with E-state index >= 15 is 0 Å². The van der Waals surface area contributed by atoms with Gasteiger partial charge < -0.3 is 9.80 Å². The molecule has 2 aromatic carbocycles. The van der Waals surface area contributed by atoms with Gasteiger partial charge in [0, 0.05) is 59.0 Å². The summed E-state index contributed by atoms with van der Waals surface area (Å²) in [5.74, 6) is 1.02. The molecule has 138 valence electrons. The van der Waals surface area contributed by atoms with E-state index in [4.69, 9.17) is 23.2 Å². The number of benzene rings is 2. The van der Waals surface area contributed by atoms with Crippen molar-refractivity contribution >= 4 is 46.6 Å². The van der Waals surface area contributed by atoms with E-state index in [0.717, 1.165) is 46.9 Å². The molecule has 1 amide bonds. The average molecular weight is 409 g/mol. The molecule has 1 aliphatic heterocycles. The van der Waals surface area contributed by atoms with Crippen LogP contribution in [0.1, 0.15) is 12.0 Å². The Labute approximate surface area is 169 Å². The molecular formula is C20H22Cl2N2OS. The molecule has 0 aromatic heterocycles. The predicted octanol–water partition coefficient (Wildman–Crippen LogP) is 5.13. The predicted molar refractivity (Wildman–Crippen MR) is 112 cm³/mol. The van der Waals surface area contributed by atoms with Crippen molar-refractivity contribution in [1.82, 2.24) is 4.90 Å². The van der Waals surface area contributed by atoms with Gasteiger partial charge in [-0.3, -0.25) is 4.79 Å². The fourth-order valence-electron chi connectivity index (χ4n) is 3.07. The molecule has 3 nitrogen and oxygen atoms in total. The number of anilines is 1. The highest BCUT2D eigenvalue weighted by Crippen LogP contribution is 2.26. The molecule has 0 spiro atoms. The molecule has 1 saturated heterocycles. The summed E-state index contributed by atoms with van der Waals surface area (Å²) < 4.78 is 0. The van der Waals surface area contributed by atoms with Gasteiger partial charge in [-0.25, -0.2) is 0 Å². The highest BCUT2D eigenvalue weighted by Gasteiger charge is 2.22. The first kappa shape index (κ1) is 19.4. The van der Waals surface area contributed by atoms with Gasteiger partial charge in [-0.2, -0.15) is 0 Å². The van der Waals surface area contributed by atoms with E-state index in [-0.39, 0.29) is 5.91 Å². The molecule has 1 aliphatic rings. The summed E-state index contributed by atoms with van der Waals surface area (Å²) in [5.41, 5.74) is 2.39. The lowest BCUT2D eigenvalue weighted by molar-refractivity contribution is -0.131. The molecular weight excluding hydrogens is 387 g/mol. The third-order valence-electron chi connectivity index (χ3n) is 4.54. The number of hydrogen-bond donors (Lipinski definition) is 0. The SMILES string of the molecule is Cc1ccc(Cl)cc1N1CCN(C(=O)CCSc2ccc(Cl)cc2)CC1. The highest BCUT2D eigenvalue weighted by atomic mass is 35.5. The minimum Gasteiger partial charge on any atom is -0.368 e. The average Bonchev–Trinajstić information content (AvgIpc) is 2.65. The van der Waals surface area contributed by atoms with Crippen LogP contribution in [-0.4, -0.2) is 42.7 Å². The third-order valence-corrected chi connectivity index (χ3v) is 6.04. The Kier molecular flexibility index (Phi) is 6.74. The van der Waals surface area contributed by atoms with Crippen molar-refractivity contribution in [2.24, 2.45) is 0 Å². The zero-order valence-electron chi connectivity index (χ0n) is 14.8. The Balaban J connectivity index is 1.46. The molecule has 0 atom stereocenters. The van der Waals surface area contributed by atoms with Crippen LogP contribution < -0.4 is 4.90 Å². The second-order valence-electron chi connectivity index (χ2n) is 6.35. The maximum atomic E-state index is 12.5. The molecule has 0 N–H and O–H groups in total. The Morgan fingerprint density at radius 2 is 1.65 bits per heavy atom. The van der Waals surface area contributed by atoms with Crippen molar-refractivity contribution in [2.45, 2.75) is 18.2 Å². The van der Waals surface area contributed by atoms with Crippen LogP contribution in [0, 0.1) is 6.92 Å². The molecule has 1 fully saturated rings. The molecule has 0 bridgehead atoms. The van der Waals surface area contributed by atoms with Gasteiger partial charge in [-0.05, 0) is 48.9 Å². The van der Waals surface area contributed by atoms with E-state index in [1.165, 1.54) is 11.3 Å². The van der Waals surface area contributed by atoms with Crippen molar-refractivity contribution in [3.63, 3.8) is 0 Å². The summed E-state index contributed by atoms with van der Waals surface area (Å²) in [6.45, 7) is 5.30. The Morgan fingerprint density at radius 1 is 1.00 bits per heavy atom. The number of hydrogen-bond acceptors (Lipinski definition) is 3. The van der Waals surface area contributed by atoms with Crippen molar-refractivity contribution in [2.75, 3.05) is 36.8 Å². The van der Waals surface area contributed by atoms with Crippen molar-refractivity contribution in [1.29, 1.82) is 0 Å². The molecule has 0 radical (unpaired) electrons. The van der Waals surface area contributed by atoms with Crippen LogP contribution in [0.2, 0.25) is 10.0 Å². The lowest BCUT2D eigenvalue weighted by atomic mass is 10.1. The van der Waals surface area contributed by atoms with Crippen LogP contribution in [0.4, 0.5) is 5.69 Å². The number of carbonyl (C=O) groups is 1. The zero-order chi connectivity index (χ0) is 18.5. The van der Waals surface area contributed by atoms with E-state index in [2.05, 4.69) is 11.8 Å². The highest BCUT2D eigenvalue weighted by molar-refractivity contribution is 7.99. The van der Waals surface area contributed by atoms with Gasteiger partial charge in [0.2, 0.25) is 5.91 Å². The van der Waals surface area contributed by atoms with Crippen LogP contribution >= 0.6 is 35.0 Å². The summed E-state index contributed by atoms with van der Waals surface area (Å²) in [6, 6.07) is 13.7. The second kappa shape index (κ2) is 9.03. The molecule has 0 saturated carbocycles. The summed E-state index contributed by atoms with van der Waals surface area (Å²) in [7, 11) is 0. The van der Waals surface area contributed by atoms with Gasteiger partial charge in [0.15, 0.2) is 0 Å². The van der Waals surface area contributed by atoms with Crippen LogP contribution in [0.25, 0.3) is 0 Å². The van der Waals surface area contributed by atoms with Gasteiger partial charge in [0.1, 0.15) is 0 Å². The third kappa shape index (κ3) is 5.09. The van der Waals surface area contributed by atoms with E-state index in [1.54, 1.807) is 11.8 Å². The van der Waals surface area contributed by atoms with Gasteiger partial charge in [-0.15, -0.1) is 11.8 Å². The van der Waals surface area contributed by atoms with Gasteiger partial charge in [-0.1, -0.05) is 29.3 Å². The van der Waals surface area contributed by atoms with Crippen molar-refractivity contribution < 1.29 is 4.79 Å². The van der Waals surface area contributed by atoms with Gasteiger partial charge >= 0.3 is 0 Å². The maximum Gasteiger partial charge on any atom is 0.223 e. The van der Waals surface area contributed by atoms with Crippen molar-refractivity contribution in [3.8, 4) is 0 Å². The van der Waals surface area contributed by atoms with E-state index in [9.17, 15) is 4.79 Å². The normalized spacial score (nSPS) is 14.6. The number of aryl methyl sites for hydroxylation is 1. The van der Waals surface area contributed by atoms with E-state index < -0.39 is 0 Å². The topological polar surface area (TPSA) is 23.6 Å². The number of piperazine rings is 1. The van der Waals surface area contributed by atoms with E-state index in [0.29, 0.717) is 6.42 Å². The van der Waals surface area contributed by atoms with Crippen LogP contribution in [0.5, 0.6) is 0 Å². The molecule has 6 heteroatoms. The zero-order valence-corrected chi connectivity index (χ0v) is 17.1. The van der Waals surface area contributed by atoms with E-state index in [1.807, 2.05) is 47.4 Å². The molecule has 0 aliphatic carbocycles. The maximum absolute atomic E-state index is 12.5. The van der Waals surface area contributed by atoms with Crippen LogP contribution in [-0.2, 0) is 4.79 Å². The molecule has 2 aromatic rings. The molecule has 0 unspecified atom stereocenters. The first-order valence-electron chi connectivity index (χ1n) is 8.70. The fourth-order valence-corrected chi connectivity index (χ4v) is 4.20. The largest absolute Gasteiger partial charge is 0.368 e. The summed E-state index contributed by atoms with van der Waals surface area (Å²) in [5, 5.41) is 1.49. The van der Waals surface area contributed by atoms with Gasteiger partial charge in [0.05, 0.1) is 0 Å². The quantitative estimate of drug-likeness (QED) is 0.640. The number of thioether (sulfide) groups is 1. The second-order valence-corrected chi connectivity index (χ2v) is 8.39. The summed E-state index contributed by atoms with van der Waals surface area (Å²) in [6.07, 6.45) is 0.559. The van der Waals surface area contributed by atoms with Crippen molar-refractivity contribution in [3.05, 3.63) is 58.1 Å². The monoisotopic (exact) mass is 408 g/mol. The van der Waals surface area contributed by atoms with Gasteiger partial charge in [0.25, 0.3) is 0 Å². The smallest absolute Gasteiger partial charge is 0.223 e. The fraction of sp³-hybridized carbons (Fsp3) is 0.350. The van der Waals surface area contributed by atoms with Crippen LogP contribution in [0.3, 0.4) is 0 Å². The molecule has 1 heterocycles. The van der Waals surface area contributed by atoms with Crippen LogP contribution in [0.15, 0.2) is 47.4 Å². The molecule has 26 heavy (non-hydrogen) atoms.